The molecule has 0 atom stereocenters. The van der Waals surface area contributed by atoms with Gasteiger partial charge in [0.2, 0.25) is 0 Å². The van der Waals surface area contributed by atoms with Crippen molar-refractivity contribution in [2.75, 3.05) is 21.1 Å². The van der Waals surface area contributed by atoms with E-state index in [4.69, 9.17) is 0 Å². The minimum absolute atomic E-state index is 0.990. The van der Waals surface area contributed by atoms with Gasteiger partial charge in [-0.3, -0.25) is 0 Å². The summed E-state index contributed by atoms with van der Waals surface area (Å²) < 4.78 is 0.990. The molecule has 0 aliphatic carbocycles. The Morgan fingerprint density at radius 3 is 2.15 bits per heavy atom. The highest BCUT2D eigenvalue weighted by atomic mass is 15.3. The summed E-state index contributed by atoms with van der Waals surface area (Å²) in [5.74, 6) is 0. The lowest BCUT2D eigenvalue weighted by molar-refractivity contribution is -0.884. The molecular formula is C12H20N+. The number of hydrogen-bond donors (Lipinski definition) is 0. The van der Waals surface area contributed by atoms with E-state index in [0.29, 0.717) is 0 Å². The normalized spacial score (nSPS) is 11.8. The highest BCUT2D eigenvalue weighted by Gasteiger charge is 2.09. The van der Waals surface area contributed by atoms with Gasteiger partial charge in [-0.2, -0.15) is 0 Å². The maximum Gasteiger partial charge on any atom is 0.104 e. The highest BCUT2D eigenvalue weighted by Crippen LogP contribution is 2.13. The van der Waals surface area contributed by atoms with E-state index in [0.717, 1.165) is 11.0 Å². The van der Waals surface area contributed by atoms with Gasteiger partial charge in [0.05, 0.1) is 21.1 Å². The molecule has 1 aromatic rings. The molecule has 1 heteroatoms. The molecule has 0 N–H and O–H groups in total. The highest BCUT2D eigenvalue weighted by molar-refractivity contribution is 5.29. The quantitative estimate of drug-likeness (QED) is 0.610. The standard InChI is InChI=1S/C12H20N/c1-10-6-7-12(11(2)8-10)9-13(3,4)5/h6-8H,9H2,1-5H3/q+1. The molecule has 1 nitrogen and oxygen atoms in total. The first kappa shape index (κ1) is 10.3. The maximum absolute atomic E-state index is 2.25. The molecule has 0 spiro atoms. The topological polar surface area (TPSA) is 0 Å². The zero-order valence-corrected chi connectivity index (χ0v) is 9.39. The van der Waals surface area contributed by atoms with Gasteiger partial charge >= 0.3 is 0 Å². The second kappa shape index (κ2) is 3.51. The SMILES string of the molecule is Cc1ccc(C[N+](C)(C)C)c(C)c1. The van der Waals surface area contributed by atoms with Crippen LogP contribution in [-0.4, -0.2) is 25.6 Å². The van der Waals surface area contributed by atoms with Crippen LogP contribution in [0.5, 0.6) is 0 Å². The van der Waals surface area contributed by atoms with E-state index in [1.807, 2.05) is 0 Å². The Bertz CT molecular complexity index is 294. The van der Waals surface area contributed by atoms with Crippen molar-refractivity contribution in [2.45, 2.75) is 20.4 Å². The Kier molecular flexibility index (Phi) is 2.77. The van der Waals surface area contributed by atoms with Crippen LogP contribution in [-0.2, 0) is 6.54 Å². The second-order valence-corrected chi connectivity index (χ2v) is 4.88. The average molecular weight is 178 g/mol. The predicted molar refractivity (Wildman–Crippen MR) is 57.7 cm³/mol. The summed E-state index contributed by atoms with van der Waals surface area (Å²) in [6, 6.07) is 6.69. The number of rotatable bonds is 2. The lowest BCUT2D eigenvalue weighted by atomic mass is 10.1. The van der Waals surface area contributed by atoms with E-state index in [2.05, 4.69) is 53.2 Å². The fraction of sp³-hybridized carbons (Fsp3) is 0.500. The minimum atomic E-state index is 0.990. The Morgan fingerprint density at radius 2 is 1.69 bits per heavy atom. The molecule has 1 aromatic carbocycles. The fourth-order valence-electron chi connectivity index (χ4n) is 1.53. The number of quaternary nitrogens is 1. The first-order valence-electron chi connectivity index (χ1n) is 4.75. The second-order valence-electron chi connectivity index (χ2n) is 4.88. The monoisotopic (exact) mass is 178 g/mol. The summed E-state index contributed by atoms with van der Waals surface area (Å²) in [6.07, 6.45) is 0. The number of aryl methyl sites for hydroxylation is 2. The van der Waals surface area contributed by atoms with Crippen LogP contribution in [0.3, 0.4) is 0 Å². The van der Waals surface area contributed by atoms with Gasteiger partial charge in [0, 0.05) is 5.56 Å². The number of hydrogen-bond acceptors (Lipinski definition) is 0. The van der Waals surface area contributed by atoms with Crippen LogP contribution < -0.4 is 0 Å². The molecule has 72 valence electrons. The van der Waals surface area contributed by atoms with Gasteiger partial charge in [-0.05, 0) is 19.4 Å². The first-order chi connectivity index (χ1) is 5.88. The van der Waals surface area contributed by atoms with E-state index < -0.39 is 0 Å². The molecule has 0 aromatic heterocycles. The smallest absolute Gasteiger partial charge is 0.104 e. The Labute approximate surface area is 81.6 Å². The molecule has 0 bridgehead atoms. The van der Waals surface area contributed by atoms with Gasteiger partial charge in [0.15, 0.2) is 0 Å². The van der Waals surface area contributed by atoms with Crippen LogP contribution in [0.2, 0.25) is 0 Å². The maximum atomic E-state index is 2.25. The van der Waals surface area contributed by atoms with Crippen LogP contribution in [0.25, 0.3) is 0 Å². The molecule has 0 saturated heterocycles. The summed E-state index contributed by atoms with van der Waals surface area (Å²) in [5, 5.41) is 0. The summed E-state index contributed by atoms with van der Waals surface area (Å²) >= 11 is 0. The third-order valence-electron chi connectivity index (χ3n) is 2.14. The van der Waals surface area contributed by atoms with Gasteiger partial charge in [-0.1, -0.05) is 23.8 Å². The molecular weight excluding hydrogens is 158 g/mol. The van der Waals surface area contributed by atoms with E-state index in [1.165, 1.54) is 16.7 Å². The Hall–Kier alpha value is -0.820. The summed E-state index contributed by atoms with van der Waals surface area (Å²) in [7, 11) is 6.66. The van der Waals surface area contributed by atoms with Crippen LogP contribution in [0.15, 0.2) is 18.2 Å². The van der Waals surface area contributed by atoms with Crippen molar-refractivity contribution in [1.82, 2.24) is 0 Å². The van der Waals surface area contributed by atoms with Crippen molar-refractivity contribution in [3.8, 4) is 0 Å². The number of benzene rings is 1. The van der Waals surface area contributed by atoms with E-state index in [-0.39, 0.29) is 0 Å². The molecule has 0 aliphatic rings. The molecule has 0 unspecified atom stereocenters. The van der Waals surface area contributed by atoms with E-state index in [1.54, 1.807) is 0 Å². The van der Waals surface area contributed by atoms with E-state index in [9.17, 15) is 0 Å². The van der Waals surface area contributed by atoms with Gasteiger partial charge in [0.1, 0.15) is 6.54 Å². The Balaban J connectivity index is 2.90. The third kappa shape index (κ3) is 3.19. The van der Waals surface area contributed by atoms with Gasteiger partial charge < -0.3 is 4.48 Å². The lowest BCUT2D eigenvalue weighted by Crippen LogP contribution is -2.33. The summed E-state index contributed by atoms with van der Waals surface area (Å²) in [6.45, 7) is 5.44. The van der Waals surface area contributed by atoms with Gasteiger partial charge in [0.25, 0.3) is 0 Å². The van der Waals surface area contributed by atoms with Crippen molar-refractivity contribution in [3.63, 3.8) is 0 Å². The zero-order chi connectivity index (χ0) is 10.1. The molecule has 13 heavy (non-hydrogen) atoms. The molecule has 0 saturated carbocycles. The van der Waals surface area contributed by atoms with Crippen LogP contribution in [0, 0.1) is 13.8 Å². The molecule has 0 amide bonds. The van der Waals surface area contributed by atoms with Gasteiger partial charge in [-0.25, -0.2) is 0 Å². The number of nitrogens with zero attached hydrogens (tertiary/aromatic N) is 1. The third-order valence-corrected chi connectivity index (χ3v) is 2.14. The zero-order valence-electron chi connectivity index (χ0n) is 9.39. The first-order valence-corrected chi connectivity index (χ1v) is 4.75. The van der Waals surface area contributed by atoms with Crippen molar-refractivity contribution >= 4 is 0 Å². The molecule has 0 fully saturated rings. The molecule has 1 rings (SSSR count). The van der Waals surface area contributed by atoms with Crippen molar-refractivity contribution in [3.05, 3.63) is 34.9 Å². The fourth-order valence-corrected chi connectivity index (χ4v) is 1.53. The molecule has 0 heterocycles. The van der Waals surface area contributed by atoms with Crippen LogP contribution >= 0.6 is 0 Å². The Morgan fingerprint density at radius 1 is 1.08 bits per heavy atom. The summed E-state index contributed by atoms with van der Waals surface area (Å²) in [5.41, 5.74) is 4.22. The lowest BCUT2D eigenvalue weighted by Gasteiger charge is -2.24. The van der Waals surface area contributed by atoms with Crippen molar-refractivity contribution in [1.29, 1.82) is 0 Å². The van der Waals surface area contributed by atoms with Crippen molar-refractivity contribution in [2.24, 2.45) is 0 Å². The van der Waals surface area contributed by atoms with Crippen LogP contribution in [0.1, 0.15) is 16.7 Å². The van der Waals surface area contributed by atoms with Crippen LogP contribution in [0.4, 0.5) is 0 Å². The predicted octanol–water partition coefficient (Wildman–Crippen LogP) is 2.51. The van der Waals surface area contributed by atoms with Crippen molar-refractivity contribution < 1.29 is 4.48 Å². The molecule has 0 radical (unpaired) electrons. The van der Waals surface area contributed by atoms with Gasteiger partial charge in [-0.15, -0.1) is 0 Å². The minimum Gasteiger partial charge on any atom is -0.327 e. The summed E-state index contributed by atoms with van der Waals surface area (Å²) in [4.78, 5) is 0. The van der Waals surface area contributed by atoms with E-state index >= 15 is 0 Å². The average Bonchev–Trinajstić information content (AvgIpc) is 1.93. The molecule has 0 aliphatic heterocycles. The largest absolute Gasteiger partial charge is 0.327 e.